The van der Waals surface area contributed by atoms with E-state index in [1.807, 2.05) is 0 Å². The molecule has 10 N–H and O–H groups in total. The third-order valence-corrected chi connectivity index (χ3v) is 9.84. The van der Waals surface area contributed by atoms with E-state index in [2.05, 4.69) is 36.6 Å². The molecule has 0 radical (unpaired) electrons. The minimum Gasteiger partial charge on any atom is -0.790 e. The Hall–Kier alpha value is 2.76. The number of phosphoric ester groups is 4. The van der Waals surface area contributed by atoms with Crippen LogP contribution in [0.15, 0.2) is 0 Å². The Morgan fingerprint density at radius 3 is 0.847 bits per heavy atom. The first-order valence-corrected chi connectivity index (χ1v) is 20.9. The Morgan fingerprint density at radius 2 is 0.661 bits per heavy atom. The van der Waals surface area contributed by atoms with Gasteiger partial charge in [-0.05, 0) is 0 Å². The molecule has 0 amide bonds. The fourth-order valence-electron chi connectivity index (χ4n) is 4.40. The molecule has 12 atom stereocenters. The number of aliphatic hydroxyl groups is 10. The van der Waals surface area contributed by atoms with Gasteiger partial charge in [-0.25, -0.2) is 0 Å². The van der Waals surface area contributed by atoms with E-state index in [0.717, 1.165) is 13.8 Å². The predicted octanol–water partition coefficient (Wildman–Crippen LogP) is -12.2. The van der Waals surface area contributed by atoms with Gasteiger partial charge in [0.15, 0.2) is 0 Å². The van der Waals surface area contributed by atoms with Crippen LogP contribution in [0.2, 0.25) is 0 Å². The average molecular weight is 1030 g/mol. The van der Waals surface area contributed by atoms with Crippen LogP contribution in [0.4, 0.5) is 0 Å². The van der Waals surface area contributed by atoms with Gasteiger partial charge in [0.1, 0.15) is 98.7 Å². The summed E-state index contributed by atoms with van der Waals surface area (Å²) in [6.45, 7) is -1.03. The van der Waals surface area contributed by atoms with Crippen molar-refractivity contribution in [2.24, 2.45) is 0 Å². The minimum absolute atomic E-state index is 0. The second kappa shape index (κ2) is 28.8. The number of rotatable bonds is 18. The monoisotopic (exact) mass is 1030 g/mol. The molecule has 0 heterocycles. The quantitative estimate of drug-likeness (QED) is 0.0346. The molecule has 59 heavy (non-hydrogen) atoms. The third kappa shape index (κ3) is 24.4. The molecule has 37 heteroatoms. The first-order chi connectivity index (χ1) is 25.3. The Labute approximate surface area is 422 Å². The van der Waals surface area contributed by atoms with Crippen molar-refractivity contribution in [2.75, 3.05) is 26.4 Å². The van der Waals surface area contributed by atoms with Crippen molar-refractivity contribution < 1.29 is 145 Å². The molecule has 30 nitrogen and oxygen atoms in total. The zero-order chi connectivity index (χ0) is 43.7. The molecular formula is C22H38Ca3O30P4. The molecule has 0 bridgehead atoms. The van der Waals surface area contributed by atoms with Crippen LogP contribution in [0.25, 0.3) is 0 Å². The molecular weight excluding hydrogens is 988 g/mol. The smallest absolute Gasteiger partial charge is 0.790 e. The van der Waals surface area contributed by atoms with E-state index in [4.69, 9.17) is 0 Å². The van der Waals surface area contributed by atoms with Crippen LogP contribution in [-0.4, -0.2) is 288 Å². The van der Waals surface area contributed by atoms with Gasteiger partial charge >= 0.3 is 125 Å². The normalized spacial score (nSPS) is 32.7. The van der Waals surface area contributed by atoms with Crippen molar-refractivity contribution in [3.05, 3.63) is 0 Å². The molecule has 0 aromatic rings. The summed E-state index contributed by atoms with van der Waals surface area (Å²) < 4.78 is 78.6. The maximum atomic E-state index is 11.8. The topological polar surface area (TPSA) is 517 Å². The van der Waals surface area contributed by atoms with E-state index in [9.17, 15) is 108 Å². The zero-order valence-electron chi connectivity index (χ0n) is 30.5. The van der Waals surface area contributed by atoms with E-state index in [1.54, 1.807) is 0 Å². The molecule has 2 saturated carbocycles. The SMILES string of the molecule is CC(=O)OCC(O)COP(=O)([O-])OC1C(O)C(O)C(OP(=O)([O-])[O-])C(O)C1O.CC(=O)OCC(O)COP(=O)([O-])OC1C(O)C(O)C(OP(=O)([O-])[O-])C(O)C1O.[Ca+2].[Ca+2].[Ca+2]. The second-order valence-electron chi connectivity index (χ2n) is 11.5. The predicted molar refractivity (Wildman–Crippen MR) is 172 cm³/mol. The standard InChI is InChI=1S/2C11H22O15P2.3Ca/c2*1-4(12)23-2-5(13)3-24-28(21,22)26-11-8(16)6(14)10(7(15)9(11)17)25-27(18,19)20;;;/h2*5-11,13-17H,2-3H2,1H3,(H,21,22)(H2,18,19,20);;;/q;;3*+2/p-6. The summed E-state index contributed by atoms with van der Waals surface area (Å²) in [4.78, 5) is 87.2. The number of esters is 2. The molecule has 0 aromatic carbocycles. The van der Waals surface area contributed by atoms with Gasteiger partial charge in [0.05, 0.1) is 28.9 Å². The number of carbonyl (C=O) groups is 2. The number of hydrogen-bond acceptors (Lipinski definition) is 30. The Morgan fingerprint density at radius 1 is 0.458 bits per heavy atom. The summed E-state index contributed by atoms with van der Waals surface area (Å²) in [5, 5.41) is 97.1. The Bertz CT molecular complexity index is 1330. The van der Waals surface area contributed by atoms with Gasteiger partial charge < -0.3 is 126 Å². The molecule has 0 saturated heterocycles. The molecule has 0 aromatic heterocycles. The van der Waals surface area contributed by atoms with Crippen LogP contribution < -0.4 is 29.4 Å². The van der Waals surface area contributed by atoms with Crippen molar-refractivity contribution in [3.8, 4) is 0 Å². The van der Waals surface area contributed by atoms with Gasteiger partial charge in [-0.1, -0.05) is 0 Å². The van der Waals surface area contributed by atoms with Crippen molar-refractivity contribution in [1.82, 2.24) is 0 Å². The van der Waals surface area contributed by atoms with Crippen LogP contribution in [0, 0.1) is 0 Å². The van der Waals surface area contributed by atoms with Crippen LogP contribution in [0.1, 0.15) is 13.8 Å². The van der Waals surface area contributed by atoms with Crippen molar-refractivity contribution in [1.29, 1.82) is 0 Å². The summed E-state index contributed by atoms with van der Waals surface area (Å²) in [6, 6.07) is 0. The number of carbonyl (C=O) groups excluding carboxylic acids is 2. The summed E-state index contributed by atoms with van der Waals surface area (Å²) in [7, 11) is -22.2. The Balaban J connectivity index is -0.00000101. The maximum absolute atomic E-state index is 11.8. The summed E-state index contributed by atoms with van der Waals surface area (Å²) in [6.07, 6.45) is -30.9. The van der Waals surface area contributed by atoms with Crippen LogP contribution >= 0.6 is 31.3 Å². The first-order valence-electron chi connectivity index (χ1n) is 15.1. The molecule has 2 aliphatic rings. The van der Waals surface area contributed by atoms with E-state index in [1.165, 1.54) is 0 Å². The number of hydrogen-bond donors (Lipinski definition) is 10. The third-order valence-electron chi connectivity index (χ3n) is 6.90. The minimum atomic E-state index is -5.75. The van der Waals surface area contributed by atoms with E-state index in [-0.39, 0.29) is 113 Å². The maximum Gasteiger partial charge on any atom is 2.00 e. The van der Waals surface area contributed by atoms with Gasteiger partial charge in [0.2, 0.25) is 0 Å². The van der Waals surface area contributed by atoms with Crippen molar-refractivity contribution in [3.63, 3.8) is 0 Å². The summed E-state index contributed by atoms with van der Waals surface area (Å²) >= 11 is 0. The summed E-state index contributed by atoms with van der Waals surface area (Å²) in [5.74, 6) is -1.51. The number of aliphatic hydroxyl groups excluding tert-OH is 10. The van der Waals surface area contributed by atoms with Crippen LogP contribution in [0.5, 0.6) is 0 Å². The van der Waals surface area contributed by atoms with Gasteiger partial charge in [0.25, 0.3) is 15.6 Å². The fraction of sp³-hybridized carbons (Fsp3) is 0.909. The first kappa shape index (κ1) is 66.0. The molecule has 12 unspecified atom stereocenters. The van der Waals surface area contributed by atoms with Gasteiger partial charge in [-0.2, -0.15) is 0 Å². The van der Waals surface area contributed by atoms with E-state index < -0.39 is 155 Å². The van der Waals surface area contributed by atoms with Gasteiger partial charge in [0, 0.05) is 13.8 Å². The van der Waals surface area contributed by atoms with Crippen LogP contribution in [0.3, 0.4) is 0 Å². The van der Waals surface area contributed by atoms with E-state index in [0.29, 0.717) is 0 Å². The van der Waals surface area contributed by atoms with E-state index >= 15 is 0 Å². The van der Waals surface area contributed by atoms with Crippen LogP contribution in [-0.2, 0) is 64.5 Å². The molecule has 332 valence electrons. The molecule has 2 fully saturated rings. The molecule has 0 aliphatic heterocycles. The Kier molecular flexibility index (Phi) is 32.3. The second-order valence-corrected chi connectivity index (χ2v) is 16.4. The molecule has 2 aliphatic carbocycles. The average Bonchev–Trinajstić information content (AvgIpc) is 3.06. The largest absolute Gasteiger partial charge is 2.00 e. The van der Waals surface area contributed by atoms with Gasteiger partial charge in [-0.15, -0.1) is 0 Å². The molecule has 0 spiro atoms. The molecule has 2 rings (SSSR count). The van der Waals surface area contributed by atoms with Gasteiger partial charge in [-0.3, -0.25) is 18.7 Å². The number of phosphoric acid groups is 4. The zero-order valence-corrected chi connectivity index (χ0v) is 40.7. The van der Waals surface area contributed by atoms with Crippen molar-refractivity contribution >= 4 is 156 Å². The summed E-state index contributed by atoms with van der Waals surface area (Å²) in [5.41, 5.74) is 0. The fourth-order valence-corrected chi connectivity index (χ4v) is 7.42. The van der Waals surface area contributed by atoms with Crippen molar-refractivity contribution in [2.45, 2.75) is 99.3 Å². The number of ether oxygens (including phenoxy) is 2.